The standard InChI is InChI=1S/C18H25FN2O2/c1-21(9-2-10-23-15-7-5-14(19)6-8-15)18(22)16-12-3-4-13(11-12)17(16)20/h5-8,12-13,16-17H,2-4,9-11,20H2,1H3. The Kier molecular flexibility index (Phi) is 4.85. The molecular weight excluding hydrogens is 295 g/mol. The number of benzene rings is 1. The average molecular weight is 320 g/mol. The molecule has 2 bridgehead atoms. The summed E-state index contributed by atoms with van der Waals surface area (Å²) in [5.74, 6) is 1.60. The molecule has 1 amide bonds. The van der Waals surface area contributed by atoms with Gasteiger partial charge in [0.1, 0.15) is 11.6 Å². The summed E-state index contributed by atoms with van der Waals surface area (Å²) >= 11 is 0. The predicted octanol–water partition coefficient (Wildman–Crippen LogP) is 2.43. The Morgan fingerprint density at radius 2 is 2.00 bits per heavy atom. The number of carbonyl (C=O) groups is 1. The summed E-state index contributed by atoms with van der Waals surface area (Å²) in [5.41, 5.74) is 6.24. The summed E-state index contributed by atoms with van der Waals surface area (Å²) in [6.07, 6.45) is 4.20. The van der Waals surface area contributed by atoms with Crippen LogP contribution in [0.4, 0.5) is 4.39 Å². The van der Waals surface area contributed by atoms with Crippen LogP contribution in [0.15, 0.2) is 24.3 Å². The first-order chi connectivity index (χ1) is 11.1. The first-order valence-corrected chi connectivity index (χ1v) is 8.45. The third kappa shape index (κ3) is 3.50. The Labute approximate surface area is 136 Å². The van der Waals surface area contributed by atoms with Crippen LogP contribution in [0.5, 0.6) is 5.75 Å². The lowest BCUT2D eigenvalue weighted by Gasteiger charge is -2.30. The van der Waals surface area contributed by atoms with E-state index in [1.807, 2.05) is 7.05 Å². The van der Waals surface area contributed by atoms with Crippen LogP contribution in [0, 0.1) is 23.6 Å². The van der Waals surface area contributed by atoms with E-state index >= 15 is 0 Å². The van der Waals surface area contributed by atoms with Crippen molar-refractivity contribution in [3.63, 3.8) is 0 Å². The second-order valence-electron chi connectivity index (χ2n) is 6.85. The van der Waals surface area contributed by atoms with E-state index in [4.69, 9.17) is 10.5 Å². The number of rotatable bonds is 6. The molecule has 0 aromatic heterocycles. The molecule has 1 aromatic rings. The van der Waals surface area contributed by atoms with E-state index < -0.39 is 0 Å². The quantitative estimate of drug-likeness (QED) is 0.819. The molecule has 2 saturated carbocycles. The second-order valence-corrected chi connectivity index (χ2v) is 6.85. The Morgan fingerprint density at radius 3 is 2.65 bits per heavy atom. The molecule has 2 aliphatic carbocycles. The normalized spacial score (nSPS) is 28.8. The van der Waals surface area contributed by atoms with Gasteiger partial charge in [0.15, 0.2) is 0 Å². The molecule has 0 aliphatic heterocycles. The van der Waals surface area contributed by atoms with Crippen LogP contribution in [0.25, 0.3) is 0 Å². The predicted molar refractivity (Wildman–Crippen MR) is 86.4 cm³/mol. The van der Waals surface area contributed by atoms with E-state index in [0.29, 0.717) is 30.7 Å². The van der Waals surface area contributed by atoms with E-state index in [9.17, 15) is 9.18 Å². The number of amides is 1. The second kappa shape index (κ2) is 6.87. The fraction of sp³-hybridized carbons (Fsp3) is 0.611. The number of halogens is 1. The fourth-order valence-electron chi connectivity index (χ4n) is 4.09. The van der Waals surface area contributed by atoms with Crippen molar-refractivity contribution < 1.29 is 13.9 Å². The van der Waals surface area contributed by atoms with Crippen LogP contribution in [-0.2, 0) is 4.79 Å². The highest BCUT2D eigenvalue weighted by Crippen LogP contribution is 2.48. The monoisotopic (exact) mass is 320 g/mol. The summed E-state index contributed by atoms with van der Waals surface area (Å²) in [6, 6.07) is 6.01. The van der Waals surface area contributed by atoms with Gasteiger partial charge in [-0.05, 0) is 61.8 Å². The zero-order valence-corrected chi connectivity index (χ0v) is 13.6. The Balaban J connectivity index is 1.41. The molecule has 2 aliphatic rings. The van der Waals surface area contributed by atoms with Crippen molar-refractivity contribution in [2.24, 2.45) is 23.5 Å². The van der Waals surface area contributed by atoms with Gasteiger partial charge in [0, 0.05) is 19.6 Å². The summed E-state index contributed by atoms with van der Waals surface area (Å²) in [5, 5.41) is 0. The molecule has 4 unspecified atom stereocenters. The minimum Gasteiger partial charge on any atom is -0.494 e. The first kappa shape index (κ1) is 16.2. The lowest BCUT2D eigenvalue weighted by molar-refractivity contribution is -0.136. The van der Waals surface area contributed by atoms with Crippen molar-refractivity contribution in [2.75, 3.05) is 20.2 Å². The SMILES string of the molecule is CN(CCCOc1ccc(F)cc1)C(=O)C1C2CCC(C2)C1N. The van der Waals surface area contributed by atoms with Crippen LogP contribution in [-0.4, -0.2) is 37.0 Å². The maximum Gasteiger partial charge on any atom is 0.227 e. The molecule has 2 fully saturated rings. The highest BCUT2D eigenvalue weighted by atomic mass is 19.1. The van der Waals surface area contributed by atoms with Crippen LogP contribution < -0.4 is 10.5 Å². The van der Waals surface area contributed by atoms with Gasteiger partial charge in [0.25, 0.3) is 0 Å². The maximum atomic E-state index is 12.8. The van der Waals surface area contributed by atoms with Gasteiger partial charge in [-0.15, -0.1) is 0 Å². The molecule has 3 rings (SSSR count). The number of nitrogens with two attached hydrogens (primary N) is 1. The molecule has 2 N–H and O–H groups in total. The van der Waals surface area contributed by atoms with Gasteiger partial charge < -0.3 is 15.4 Å². The molecule has 126 valence electrons. The molecule has 4 atom stereocenters. The number of hydrogen-bond donors (Lipinski definition) is 1. The number of nitrogens with zero attached hydrogens (tertiary/aromatic N) is 1. The van der Waals surface area contributed by atoms with Crippen molar-refractivity contribution in [1.29, 1.82) is 0 Å². The summed E-state index contributed by atoms with van der Waals surface area (Å²) in [6.45, 7) is 1.16. The highest BCUT2D eigenvalue weighted by molar-refractivity contribution is 5.80. The Morgan fingerprint density at radius 1 is 1.30 bits per heavy atom. The van der Waals surface area contributed by atoms with Crippen LogP contribution in [0.1, 0.15) is 25.7 Å². The Bertz CT molecular complexity index is 546. The van der Waals surface area contributed by atoms with Crippen molar-refractivity contribution >= 4 is 5.91 Å². The van der Waals surface area contributed by atoms with Gasteiger partial charge in [-0.2, -0.15) is 0 Å². The zero-order chi connectivity index (χ0) is 16.4. The third-order valence-electron chi connectivity index (χ3n) is 5.36. The zero-order valence-electron chi connectivity index (χ0n) is 13.6. The smallest absolute Gasteiger partial charge is 0.227 e. The molecule has 0 saturated heterocycles. The lowest BCUT2D eigenvalue weighted by atomic mass is 9.84. The molecule has 0 heterocycles. The van der Waals surface area contributed by atoms with Gasteiger partial charge in [-0.1, -0.05) is 0 Å². The van der Waals surface area contributed by atoms with Gasteiger partial charge >= 0.3 is 0 Å². The van der Waals surface area contributed by atoms with Crippen molar-refractivity contribution in [2.45, 2.75) is 31.7 Å². The van der Waals surface area contributed by atoms with Gasteiger partial charge in [-0.25, -0.2) is 4.39 Å². The van der Waals surface area contributed by atoms with E-state index in [0.717, 1.165) is 19.3 Å². The fourth-order valence-corrected chi connectivity index (χ4v) is 4.09. The lowest BCUT2D eigenvalue weighted by Crippen LogP contribution is -2.46. The largest absolute Gasteiger partial charge is 0.494 e. The highest BCUT2D eigenvalue weighted by Gasteiger charge is 2.49. The van der Waals surface area contributed by atoms with E-state index in [1.54, 1.807) is 17.0 Å². The molecule has 23 heavy (non-hydrogen) atoms. The minimum absolute atomic E-state index is 0.0109. The molecule has 4 nitrogen and oxygen atoms in total. The third-order valence-corrected chi connectivity index (χ3v) is 5.36. The van der Waals surface area contributed by atoms with Gasteiger partial charge in [0.2, 0.25) is 5.91 Å². The summed E-state index contributed by atoms with van der Waals surface area (Å²) < 4.78 is 18.4. The minimum atomic E-state index is -0.273. The summed E-state index contributed by atoms with van der Waals surface area (Å²) in [4.78, 5) is 14.4. The first-order valence-electron chi connectivity index (χ1n) is 8.45. The van der Waals surface area contributed by atoms with Crippen molar-refractivity contribution in [1.82, 2.24) is 4.90 Å². The molecule has 5 heteroatoms. The number of fused-ring (bicyclic) bond motifs is 2. The van der Waals surface area contributed by atoms with E-state index in [1.165, 1.54) is 18.6 Å². The number of hydrogen-bond acceptors (Lipinski definition) is 3. The topological polar surface area (TPSA) is 55.6 Å². The van der Waals surface area contributed by atoms with Crippen LogP contribution in [0.3, 0.4) is 0 Å². The van der Waals surface area contributed by atoms with Crippen LogP contribution >= 0.6 is 0 Å². The molecule has 0 spiro atoms. The van der Waals surface area contributed by atoms with Crippen molar-refractivity contribution in [3.8, 4) is 5.75 Å². The van der Waals surface area contributed by atoms with Gasteiger partial charge in [-0.3, -0.25) is 4.79 Å². The number of carbonyl (C=O) groups excluding carboxylic acids is 1. The van der Waals surface area contributed by atoms with Crippen molar-refractivity contribution in [3.05, 3.63) is 30.1 Å². The molecule has 0 radical (unpaired) electrons. The van der Waals surface area contributed by atoms with Gasteiger partial charge in [0.05, 0.1) is 12.5 Å². The Hall–Kier alpha value is -1.62. The molecular formula is C18H25FN2O2. The average Bonchev–Trinajstić information content (AvgIpc) is 3.13. The van der Waals surface area contributed by atoms with E-state index in [2.05, 4.69) is 0 Å². The van der Waals surface area contributed by atoms with E-state index in [-0.39, 0.29) is 23.7 Å². The number of ether oxygens (including phenoxy) is 1. The summed E-state index contributed by atoms with van der Waals surface area (Å²) in [7, 11) is 1.85. The van der Waals surface area contributed by atoms with Crippen LogP contribution in [0.2, 0.25) is 0 Å². The molecule has 1 aromatic carbocycles. The maximum absolute atomic E-state index is 12.8.